The molecule has 0 spiro atoms. The van der Waals surface area contributed by atoms with Crippen LogP contribution in [-0.2, 0) is 11.2 Å². The van der Waals surface area contributed by atoms with Gasteiger partial charge in [0.2, 0.25) is 0 Å². The number of fused-ring (bicyclic) bond motifs is 1. The molecule has 0 saturated carbocycles. The fraction of sp³-hybridized carbons (Fsp3) is 0.0667. The normalized spacial score (nSPS) is 10.7. The molecule has 4 heteroatoms. The van der Waals surface area contributed by atoms with Crippen molar-refractivity contribution in [3.63, 3.8) is 0 Å². The Balaban J connectivity index is 2.03. The van der Waals surface area contributed by atoms with E-state index in [1.165, 1.54) is 0 Å². The van der Waals surface area contributed by atoms with Crippen LogP contribution in [0.5, 0.6) is 0 Å². The van der Waals surface area contributed by atoms with E-state index in [9.17, 15) is 4.79 Å². The van der Waals surface area contributed by atoms with Crippen LogP contribution in [0.2, 0.25) is 0 Å². The van der Waals surface area contributed by atoms with Crippen molar-refractivity contribution < 1.29 is 9.90 Å². The number of benzene rings is 2. The molecule has 3 rings (SSSR count). The Morgan fingerprint density at radius 3 is 2.79 bits per heavy atom. The van der Waals surface area contributed by atoms with Crippen molar-refractivity contribution in [3.05, 3.63) is 54.1 Å². The third kappa shape index (κ3) is 2.48. The van der Waals surface area contributed by atoms with Gasteiger partial charge in [-0.1, -0.05) is 30.3 Å². The molecule has 0 amide bonds. The zero-order valence-corrected chi connectivity index (χ0v) is 10.9. The zero-order valence-electron chi connectivity index (χ0n) is 10.0. The van der Waals surface area contributed by atoms with Gasteiger partial charge in [-0.3, -0.25) is 4.79 Å². The first-order valence-electron chi connectivity index (χ1n) is 5.89. The average molecular weight is 269 g/mol. The van der Waals surface area contributed by atoms with Crippen molar-refractivity contribution in [1.82, 2.24) is 4.98 Å². The number of carboxylic acid groups (broad SMARTS) is 1. The fourth-order valence-electron chi connectivity index (χ4n) is 1.98. The molecule has 3 nitrogen and oxygen atoms in total. The summed E-state index contributed by atoms with van der Waals surface area (Å²) in [5.74, 6) is -0.818. The lowest BCUT2D eigenvalue weighted by atomic mass is 10.1. The van der Waals surface area contributed by atoms with Crippen LogP contribution in [0.15, 0.2) is 48.5 Å². The topological polar surface area (TPSA) is 50.2 Å². The minimum atomic E-state index is -0.818. The lowest BCUT2D eigenvalue weighted by Gasteiger charge is -2.00. The molecule has 0 aliphatic carbocycles. The summed E-state index contributed by atoms with van der Waals surface area (Å²) in [4.78, 5) is 15.3. The highest BCUT2D eigenvalue weighted by Gasteiger charge is 2.07. The number of nitrogens with zero attached hydrogens (tertiary/aromatic N) is 1. The average Bonchev–Trinajstić information content (AvgIpc) is 2.82. The number of rotatable bonds is 3. The van der Waals surface area contributed by atoms with Crippen LogP contribution in [0.25, 0.3) is 20.8 Å². The molecule has 94 valence electrons. The maximum Gasteiger partial charge on any atom is 0.307 e. The van der Waals surface area contributed by atoms with Crippen LogP contribution in [0.4, 0.5) is 0 Å². The molecule has 0 aliphatic rings. The summed E-state index contributed by atoms with van der Waals surface area (Å²) in [5.41, 5.74) is 2.75. The van der Waals surface area contributed by atoms with Gasteiger partial charge in [-0.2, -0.15) is 0 Å². The number of para-hydroxylation sites is 1. The van der Waals surface area contributed by atoms with Crippen molar-refractivity contribution in [1.29, 1.82) is 0 Å². The van der Waals surface area contributed by atoms with Gasteiger partial charge >= 0.3 is 5.97 Å². The molecule has 19 heavy (non-hydrogen) atoms. The van der Waals surface area contributed by atoms with E-state index < -0.39 is 5.97 Å². The second kappa shape index (κ2) is 4.82. The highest BCUT2D eigenvalue weighted by Crippen LogP contribution is 2.30. The van der Waals surface area contributed by atoms with E-state index in [0.29, 0.717) is 0 Å². The summed E-state index contributed by atoms with van der Waals surface area (Å²) in [5, 5.41) is 9.75. The highest BCUT2D eigenvalue weighted by atomic mass is 32.1. The van der Waals surface area contributed by atoms with Crippen LogP contribution >= 0.6 is 11.3 Å². The fourth-order valence-corrected chi connectivity index (χ4v) is 2.95. The maximum atomic E-state index is 10.7. The van der Waals surface area contributed by atoms with Crippen LogP contribution in [0, 0.1) is 0 Å². The van der Waals surface area contributed by atoms with E-state index in [4.69, 9.17) is 5.11 Å². The molecular weight excluding hydrogens is 258 g/mol. The molecule has 1 heterocycles. The minimum absolute atomic E-state index is 0.0404. The Morgan fingerprint density at radius 2 is 2.00 bits per heavy atom. The molecule has 3 aromatic rings. The predicted molar refractivity (Wildman–Crippen MR) is 76.4 cm³/mol. The Hall–Kier alpha value is -2.20. The molecular formula is C15H11NO2S. The number of thiazole rings is 1. The van der Waals surface area contributed by atoms with Crippen LogP contribution in [0.3, 0.4) is 0 Å². The van der Waals surface area contributed by atoms with E-state index in [0.717, 1.165) is 26.4 Å². The lowest BCUT2D eigenvalue weighted by Crippen LogP contribution is -1.99. The molecule has 0 radical (unpaired) electrons. The minimum Gasteiger partial charge on any atom is -0.481 e. The SMILES string of the molecule is O=C(O)Cc1cccc(-c2nc3ccccc3s2)c1. The summed E-state index contributed by atoms with van der Waals surface area (Å²) in [6.45, 7) is 0. The summed E-state index contributed by atoms with van der Waals surface area (Å²) in [6.07, 6.45) is 0.0404. The summed E-state index contributed by atoms with van der Waals surface area (Å²) >= 11 is 1.62. The molecule has 2 aromatic carbocycles. The molecule has 0 aliphatic heterocycles. The number of aromatic nitrogens is 1. The molecule has 0 bridgehead atoms. The van der Waals surface area contributed by atoms with Gasteiger partial charge in [0.05, 0.1) is 16.6 Å². The third-order valence-electron chi connectivity index (χ3n) is 2.82. The summed E-state index contributed by atoms with van der Waals surface area (Å²) < 4.78 is 1.14. The second-order valence-electron chi connectivity index (χ2n) is 4.26. The van der Waals surface area contributed by atoms with Gasteiger partial charge in [-0.15, -0.1) is 11.3 Å². The smallest absolute Gasteiger partial charge is 0.307 e. The van der Waals surface area contributed by atoms with Crippen molar-refractivity contribution in [3.8, 4) is 10.6 Å². The molecule has 1 N–H and O–H groups in total. The number of carbonyl (C=O) groups is 1. The van der Waals surface area contributed by atoms with Crippen molar-refractivity contribution in [2.75, 3.05) is 0 Å². The van der Waals surface area contributed by atoms with Crippen LogP contribution in [-0.4, -0.2) is 16.1 Å². The Morgan fingerprint density at radius 1 is 1.16 bits per heavy atom. The summed E-state index contributed by atoms with van der Waals surface area (Å²) in [6, 6.07) is 15.5. The molecule has 0 atom stereocenters. The molecule has 1 aromatic heterocycles. The quantitative estimate of drug-likeness (QED) is 0.790. The molecule has 0 saturated heterocycles. The Bertz CT molecular complexity index is 715. The van der Waals surface area contributed by atoms with E-state index in [1.807, 2.05) is 48.5 Å². The Kier molecular flexibility index (Phi) is 3.01. The van der Waals surface area contributed by atoms with Crippen molar-refractivity contribution in [2.24, 2.45) is 0 Å². The lowest BCUT2D eigenvalue weighted by molar-refractivity contribution is -0.136. The number of carboxylic acids is 1. The standard InChI is InChI=1S/C15H11NO2S/c17-14(18)9-10-4-3-5-11(8-10)15-16-12-6-1-2-7-13(12)19-15/h1-8H,9H2,(H,17,18). The zero-order chi connectivity index (χ0) is 13.2. The first kappa shape index (κ1) is 11.9. The van der Waals surface area contributed by atoms with Gasteiger partial charge in [0.15, 0.2) is 0 Å². The van der Waals surface area contributed by atoms with Crippen molar-refractivity contribution in [2.45, 2.75) is 6.42 Å². The molecule has 0 unspecified atom stereocenters. The van der Waals surface area contributed by atoms with Gasteiger partial charge in [-0.25, -0.2) is 4.98 Å². The maximum absolute atomic E-state index is 10.7. The Labute approximate surface area is 114 Å². The van der Waals surface area contributed by atoms with Gasteiger partial charge in [0.1, 0.15) is 5.01 Å². The largest absolute Gasteiger partial charge is 0.481 e. The predicted octanol–water partition coefficient (Wildman–Crippen LogP) is 3.59. The van der Waals surface area contributed by atoms with Gasteiger partial charge in [0.25, 0.3) is 0 Å². The first-order valence-corrected chi connectivity index (χ1v) is 6.71. The molecule has 0 fully saturated rings. The second-order valence-corrected chi connectivity index (χ2v) is 5.29. The highest BCUT2D eigenvalue weighted by molar-refractivity contribution is 7.21. The summed E-state index contributed by atoms with van der Waals surface area (Å²) in [7, 11) is 0. The first-order chi connectivity index (χ1) is 9.22. The number of aliphatic carboxylic acids is 1. The van der Waals surface area contributed by atoms with Gasteiger partial charge in [0, 0.05) is 5.56 Å². The van der Waals surface area contributed by atoms with E-state index in [1.54, 1.807) is 11.3 Å². The monoisotopic (exact) mass is 269 g/mol. The van der Waals surface area contributed by atoms with E-state index >= 15 is 0 Å². The number of hydrogen-bond donors (Lipinski definition) is 1. The van der Waals surface area contributed by atoms with Crippen LogP contribution < -0.4 is 0 Å². The van der Waals surface area contributed by atoms with Gasteiger partial charge in [-0.05, 0) is 23.8 Å². The number of hydrogen-bond acceptors (Lipinski definition) is 3. The van der Waals surface area contributed by atoms with Crippen LogP contribution in [0.1, 0.15) is 5.56 Å². The van der Waals surface area contributed by atoms with E-state index in [-0.39, 0.29) is 6.42 Å². The van der Waals surface area contributed by atoms with E-state index in [2.05, 4.69) is 4.98 Å². The van der Waals surface area contributed by atoms with Gasteiger partial charge < -0.3 is 5.11 Å². The third-order valence-corrected chi connectivity index (χ3v) is 3.91. The van der Waals surface area contributed by atoms with Crippen molar-refractivity contribution >= 4 is 27.5 Å².